The molecule has 0 spiro atoms. The molecule has 1 atom stereocenters. The first-order valence-corrected chi connectivity index (χ1v) is 5.40. The van der Waals surface area contributed by atoms with Crippen LogP contribution in [0.25, 0.3) is 0 Å². The molecule has 1 amide bonds. The number of hydrogen-bond donors (Lipinski definition) is 1. The molecule has 1 fully saturated rings. The summed E-state index contributed by atoms with van der Waals surface area (Å²) in [5, 5.41) is 3.08. The highest BCUT2D eigenvalue weighted by atomic mass is 35.5. The van der Waals surface area contributed by atoms with Crippen LogP contribution in [0.4, 0.5) is 0 Å². The summed E-state index contributed by atoms with van der Waals surface area (Å²) in [4.78, 5) is 11.5. The summed E-state index contributed by atoms with van der Waals surface area (Å²) < 4.78 is 5.00. The van der Waals surface area contributed by atoms with E-state index in [-0.39, 0.29) is 16.9 Å². The summed E-state index contributed by atoms with van der Waals surface area (Å²) in [7, 11) is 0. The Hall–Kier alpha value is -0.960. The van der Waals surface area contributed by atoms with Crippen molar-refractivity contribution in [3.63, 3.8) is 0 Å². The maximum absolute atomic E-state index is 11.5. The van der Waals surface area contributed by atoms with Gasteiger partial charge in [0.25, 0.3) is 5.91 Å². The predicted octanol–water partition coefficient (Wildman–Crippen LogP) is 2.71. The second kappa shape index (κ2) is 3.56. The van der Waals surface area contributed by atoms with Crippen LogP contribution in [0.2, 0.25) is 5.22 Å². The molecule has 1 heterocycles. The van der Waals surface area contributed by atoms with E-state index in [4.69, 9.17) is 16.0 Å². The molecule has 1 N–H and O–H groups in total. The van der Waals surface area contributed by atoms with Crippen molar-refractivity contribution in [1.29, 1.82) is 0 Å². The molecular formula is C11H14ClNO2. The Kier molecular flexibility index (Phi) is 2.51. The smallest absolute Gasteiger partial charge is 0.287 e. The minimum absolute atomic E-state index is 0.190. The second-order valence-electron chi connectivity index (χ2n) is 4.70. The van der Waals surface area contributed by atoms with E-state index in [0.717, 1.165) is 0 Å². The van der Waals surface area contributed by atoms with Crippen LogP contribution in [0.15, 0.2) is 16.5 Å². The van der Waals surface area contributed by atoms with Gasteiger partial charge in [0.15, 0.2) is 11.0 Å². The zero-order valence-electron chi connectivity index (χ0n) is 8.84. The number of nitrogens with one attached hydrogen (secondary N) is 1. The topological polar surface area (TPSA) is 42.2 Å². The first kappa shape index (κ1) is 10.6. The molecule has 0 bridgehead atoms. The van der Waals surface area contributed by atoms with Gasteiger partial charge in [-0.15, -0.1) is 0 Å². The number of halogens is 1. The van der Waals surface area contributed by atoms with Crippen molar-refractivity contribution < 1.29 is 9.21 Å². The van der Waals surface area contributed by atoms with Crippen molar-refractivity contribution in [2.24, 2.45) is 11.3 Å². The van der Waals surface area contributed by atoms with E-state index in [0.29, 0.717) is 17.9 Å². The third kappa shape index (κ3) is 2.34. The molecule has 4 heteroatoms. The average Bonchev–Trinajstić information content (AvgIpc) is 2.59. The summed E-state index contributed by atoms with van der Waals surface area (Å²) in [5.41, 5.74) is 0.383. The Morgan fingerprint density at radius 3 is 2.80 bits per heavy atom. The van der Waals surface area contributed by atoms with Gasteiger partial charge in [0.2, 0.25) is 0 Å². The third-order valence-corrected chi connectivity index (χ3v) is 3.23. The van der Waals surface area contributed by atoms with Crippen LogP contribution in [-0.2, 0) is 0 Å². The van der Waals surface area contributed by atoms with Crippen LogP contribution in [0, 0.1) is 11.3 Å². The van der Waals surface area contributed by atoms with Crippen molar-refractivity contribution in [2.45, 2.75) is 20.3 Å². The third-order valence-electron chi connectivity index (χ3n) is 3.02. The van der Waals surface area contributed by atoms with Gasteiger partial charge in [0.05, 0.1) is 0 Å². The molecule has 0 aliphatic heterocycles. The van der Waals surface area contributed by atoms with Gasteiger partial charge in [-0.3, -0.25) is 4.79 Å². The summed E-state index contributed by atoms with van der Waals surface area (Å²) in [6.07, 6.45) is 1.17. The largest absolute Gasteiger partial charge is 0.440 e. The quantitative estimate of drug-likeness (QED) is 0.863. The summed E-state index contributed by atoms with van der Waals surface area (Å²) in [6.45, 7) is 5.12. The Balaban J connectivity index is 1.83. The van der Waals surface area contributed by atoms with Crippen molar-refractivity contribution in [1.82, 2.24) is 5.32 Å². The predicted molar refractivity (Wildman–Crippen MR) is 57.9 cm³/mol. The molecule has 1 aliphatic carbocycles. The normalized spacial score (nSPS) is 22.5. The van der Waals surface area contributed by atoms with E-state index >= 15 is 0 Å². The van der Waals surface area contributed by atoms with Gasteiger partial charge in [-0.05, 0) is 41.5 Å². The molecule has 0 saturated heterocycles. The van der Waals surface area contributed by atoms with Gasteiger partial charge in [-0.1, -0.05) is 13.8 Å². The lowest BCUT2D eigenvalue weighted by atomic mass is 10.1. The van der Waals surface area contributed by atoms with Crippen molar-refractivity contribution in [2.75, 3.05) is 6.54 Å². The fourth-order valence-corrected chi connectivity index (χ4v) is 1.81. The maximum Gasteiger partial charge on any atom is 0.287 e. The van der Waals surface area contributed by atoms with Crippen LogP contribution in [0.1, 0.15) is 30.8 Å². The van der Waals surface area contributed by atoms with Gasteiger partial charge in [0.1, 0.15) is 0 Å². The highest BCUT2D eigenvalue weighted by molar-refractivity contribution is 6.29. The molecule has 0 radical (unpaired) electrons. The standard InChI is InChI=1S/C11H14ClNO2/c1-11(2)5-7(11)6-13-10(14)8-3-4-9(12)15-8/h3-4,7H,5-6H2,1-2H3,(H,13,14). The minimum atomic E-state index is -0.190. The van der Waals surface area contributed by atoms with E-state index in [1.807, 2.05) is 0 Å². The Labute approximate surface area is 93.8 Å². The first-order chi connectivity index (χ1) is 6.99. The van der Waals surface area contributed by atoms with Gasteiger partial charge in [-0.2, -0.15) is 0 Å². The number of hydrogen-bond acceptors (Lipinski definition) is 2. The zero-order chi connectivity index (χ0) is 11.1. The first-order valence-electron chi connectivity index (χ1n) is 5.02. The number of rotatable bonds is 3. The van der Waals surface area contributed by atoms with Crippen molar-refractivity contribution in [3.8, 4) is 0 Å². The van der Waals surface area contributed by atoms with Crippen LogP contribution in [0.5, 0.6) is 0 Å². The van der Waals surface area contributed by atoms with Crippen molar-refractivity contribution in [3.05, 3.63) is 23.1 Å². The molecule has 15 heavy (non-hydrogen) atoms. The maximum atomic E-state index is 11.5. The number of carbonyl (C=O) groups excluding carboxylic acids is 1. The number of amides is 1. The monoisotopic (exact) mass is 227 g/mol. The van der Waals surface area contributed by atoms with Crippen LogP contribution >= 0.6 is 11.6 Å². The molecule has 1 unspecified atom stereocenters. The van der Waals surface area contributed by atoms with Crippen molar-refractivity contribution >= 4 is 17.5 Å². The lowest BCUT2D eigenvalue weighted by Crippen LogP contribution is -2.26. The lowest BCUT2D eigenvalue weighted by molar-refractivity contribution is 0.0923. The fourth-order valence-electron chi connectivity index (χ4n) is 1.66. The van der Waals surface area contributed by atoms with Gasteiger partial charge in [-0.25, -0.2) is 0 Å². The average molecular weight is 228 g/mol. The van der Waals surface area contributed by atoms with Gasteiger partial charge >= 0.3 is 0 Å². The second-order valence-corrected chi connectivity index (χ2v) is 5.08. The fraction of sp³-hybridized carbons (Fsp3) is 0.545. The van der Waals surface area contributed by atoms with E-state index in [9.17, 15) is 4.79 Å². The Morgan fingerprint density at radius 2 is 2.33 bits per heavy atom. The SMILES string of the molecule is CC1(C)CC1CNC(=O)c1ccc(Cl)o1. The van der Waals surface area contributed by atoms with Gasteiger partial charge < -0.3 is 9.73 Å². The van der Waals surface area contributed by atoms with Crippen LogP contribution in [-0.4, -0.2) is 12.5 Å². The highest BCUT2D eigenvalue weighted by Crippen LogP contribution is 2.50. The zero-order valence-corrected chi connectivity index (χ0v) is 9.60. The molecule has 0 aromatic carbocycles. The summed E-state index contributed by atoms with van der Waals surface area (Å²) in [6, 6.07) is 3.15. The molecule has 82 valence electrons. The van der Waals surface area contributed by atoms with E-state index in [1.54, 1.807) is 12.1 Å². The molecule has 1 aromatic rings. The molecule has 1 aliphatic rings. The van der Waals surface area contributed by atoms with Crippen LogP contribution in [0.3, 0.4) is 0 Å². The minimum Gasteiger partial charge on any atom is -0.440 e. The highest BCUT2D eigenvalue weighted by Gasteiger charge is 2.45. The van der Waals surface area contributed by atoms with E-state index in [1.165, 1.54) is 6.42 Å². The summed E-state index contributed by atoms with van der Waals surface area (Å²) >= 11 is 5.58. The number of carbonyl (C=O) groups is 1. The molecule has 2 rings (SSSR count). The summed E-state index contributed by atoms with van der Waals surface area (Å²) in [5.74, 6) is 0.676. The molecule has 1 aromatic heterocycles. The Bertz CT molecular complexity index is 384. The lowest BCUT2D eigenvalue weighted by Gasteiger charge is -2.04. The van der Waals surface area contributed by atoms with Crippen LogP contribution < -0.4 is 5.32 Å². The number of furan rings is 1. The Morgan fingerprint density at radius 1 is 1.67 bits per heavy atom. The van der Waals surface area contributed by atoms with E-state index in [2.05, 4.69) is 19.2 Å². The van der Waals surface area contributed by atoms with E-state index < -0.39 is 0 Å². The molecule has 1 saturated carbocycles. The van der Waals surface area contributed by atoms with Gasteiger partial charge in [0, 0.05) is 6.54 Å². The molecular weight excluding hydrogens is 214 g/mol. The molecule has 3 nitrogen and oxygen atoms in total.